The van der Waals surface area contributed by atoms with Gasteiger partial charge < -0.3 is 0 Å². The minimum atomic E-state index is 0.811. The summed E-state index contributed by atoms with van der Waals surface area (Å²) in [5.41, 5.74) is 2.93. The first-order valence-electron chi connectivity index (χ1n) is 8.73. The highest BCUT2D eigenvalue weighted by atomic mass is 32.2. The van der Waals surface area contributed by atoms with E-state index in [-0.39, 0.29) is 0 Å². The van der Waals surface area contributed by atoms with E-state index in [4.69, 9.17) is 0 Å². The van der Waals surface area contributed by atoms with Gasteiger partial charge in [-0.3, -0.25) is 0 Å². The highest BCUT2D eigenvalue weighted by molar-refractivity contribution is 8.03. The van der Waals surface area contributed by atoms with Crippen LogP contribution in [0.2, 0.25) is 0 Å². The van der Waals surface area contributed by atoms with Crippen molar-refractivity contribution in [3.8, 4) is 0 Å². The van der Waals surface area contributed by atoms with E-state index >= 15 is 0 Å². The molecule has 0 amide bonds. The van der Waals surface area contributed by atoms with Crippen molar-refractivity contribution in [2.75, 3.05) is 0 Å². The maximum Gasteiger partial charge on any atom is 0.0187 e. The summed E-state index contributed by atoms with van der Waals surface area (Å²) in [5.74, 6) is 2.32. The molecule has 0 bridgehead atoms. The molecule has 0 aromatic heterocycles. The lowest BCUT2D eigenvalue weighted by Crippen LogP contribution is -2.19. The summed E-state index contributed by atoms with van der Waals surface area (Å²) in [6, 6.07) is 21.9. The molecular weight excluding hydrogens is 316 g/mol. The fourth-order valence-corrected chi connectivity index (χ4v) is 6.21. The molecule has 1 aliphatic rings. The Morgan fingerprint density at radius 3 is 1.48 bits per heavy atom. The zero-order chi connectivity index (χ0) is 15.7. The van der Waals surface area contributed by atoms with Crippen molar-refractivity contribution in [2.45, 2.75) is 54.1 Å². The third-order valence-corrected chi connectivity index (χ3v) is 7.66. The number of rotatable bonds is 6. The van der Waals surface area contributed by atoms with E-state index in [1.54, 1.807) is 0 Å². The van der Waals surface area contributed by atoms with Crippen molar-refractivity contribution in [3.05, 3.63) is 71.8 Å². The topological polar surface area (TPSA) is 0 Å². The Morgan fingerprint density at radius 2 is 1.04 bits per heavy atom. The van der Waals surface area contributed by atoms with E-state index in [0.29, 0.717) is 0 Å². The van der Waals surface area contributed by atoms with Crippen LogP contribution < -0.4 is 0 Å². The molecule has 0 radical (unpaired) electrons. The van der Waals surface area contributed by atoms with Crippen LogP contribution in [-0.2, 0) is 11.5 Å². The molecule has 0 aliphatic heterocycles. The zero-order valence-electron chi connectivity index (χ0n) is 13.7. The Labute approximate surface area is 149 Å². The van der Waals surface area contributed by atoms with Gasteiger partial charge in [-0.15, -0.1) is 0 Å². The standard InChI is InChI=1S/C21H26S2/c1-4-10-18(11-5-1)16-22-20-14-8-3-9-15-21(20)23-17-19-12-6-2-7-13-19/h1-2,4-7,10-13,20-21H,3,8-9,14-17H2/t20-,21+. The van der Waals surface area contributed by atoms with Crippen LogP contribution in [0.4, 0.5) is 0 Å². The molecule has 0 N–H and O–H groups in total. The van der Waals surface area contributed by atoms with E-state index in [2.05, 4.69) is 84.2 Å². The predicted octanol–water partition coefficient (Wildman–Crippen LogP) is 6.55. The number of hydrogen-bond donors (Lipinski definition) is 0. The Morgan fingerprint density at radius 1 is 0.609 bits per heavy atom. The maximum atomic E-state index is 2.26. The van der Waals surface area contributed by atoms with E-state index in [1.807, 2.05) is 0 Å². The molecule has 0 unspecified atom stereocenters. The summed E-state index contributed by atoms with van der Waals surface area (Å²) in [6.07, 6.45) is 7.03. The molecule has 2 atom stereocenters. The van der Waals surface area contributed by atoms with Crippen LogP contribution in [0.25, 0.3) is 0 Å². The Bertz CT molecular complexity index is 501. The second kappa shape index (κ2) is 9.44. The van der Waals surface area contributed by atoms with Crippen LogP contribution in [0.15, 0.2) is 60.7 Å². The lowest BCUT2D eigenvalue weighted by Gasteiger charge is -2.24. The first-order valence-corrected chi connectivity index (χ1v) is 10.8. The first kappa shape index (κ1) is 17.0. The molecule has 122 valence electrons. The molecule has 0 nitrogen and oxygen atoms in total. The van der Waals surface area contributed by atoms with E-state index < -0.39 is 0 Å². The third kappa shape index (κ3) is 5.61. The first-order chi connectivity index (χ1) is 11.4. The van der Waals surface area contributed by atoms with Gasteiger partial charge in [0.15, 0.2) is 0 Å². The maximum absolute atomic E-state index is 2.26. The molecule has 2 aromatic carbocycles. The molecule has 2 aromatic rings. The second-order valence-electron chi connectivity index (χ2n) is 6.31. The largest absolute Gasteiger partial charge is 0.153 e. The molecule has 23 heavy (non-hydrogen) atoms. The molecule has 0 heterocycles. The van der Waals surface area contributed by atoms with Gasteiger partial charge in [0.25, 0.3) is 0 Å². The monoisotopic (exact) mass is 342 g/mol. The average molecular weight is 343 g/mol. The molecule has 0 saturated heterocycles. The highest BCUT2D eigenvalue weighted by Crippen LogP contribution is 2.37. The molecule has 2 heteroatoms. The van der Waals surface area contributed by atoms with Crippen molar-refractivity contribution in [1.29, 1.82) is 0 Å². The van der Waals surface area contributed by atoms with Crippen LogP contribution in [0.3, 0.4) is 0 Å². The zero-order valence-corrected chi connectivity index (χ0v) is 15.3. The van der Waals surface area contributed by atoms with Gasteiger partial charge >= 0.3 is 0 Å². The van der Waals surface area contributed by atoms with Crippen molar-refractivity contribution in [2.24, 2.45) is 0 Å². The fraction of sp³-hybridized carbons (Fsp3) is 0.429. The van der Waals surface area contributed by atoms with Crippen molar-refractivity contribution in [1.82, 2.24) is 0 Å². The van der Waals surface area contributed by atoms with Crippen molar-refractivity contribution >= 4 is 23.5 Å². The van der Waals surface area contributed by atoms with Crippen LogP contribution in [-0.4, -0.2) is 10.5 Å². The number of benzene rings is 2. The van der Waals surface area contributed by atoms with E-state index in [1.165, 1.54) is 43.2 Å². The highest BCUT2D eigenvalue weighted by Gasteiger charge is 2.24. The molecular formula is C21H26S2. The molecule has 1 aliphatic carbocycles. The minimum Gasteiger partial charge on any atom is -0.153 e. The van der Waals surface area contributed by atoms with Gasteiger partial charge in [-0.25, -0.2) is 0 Å². The molecule has 0 spiro atoms. The quantitative estimate of drug-likeness (QED) is 0.546. The van der Waals surface area contributed by atoms with E-state index in [0.717, 1.165) is 22.0 Å². The molecule has 1 fully saturated rings. The van der Waals surface area contributed by atoms with Crippen LogP contribution >= 0.6 is 23.5 Å². The Kier molecular flexibility index (Phi) is 6.97. The SMILES string of the molecule is c1ccc(CS[C@H]2CCCCC[C@H]2SCc2ccccc2)cc1. The summed E-state index contributed by atoms with van der Waals surface area (Å²) >= 11 is 4.37. The van der Waals surface area contributed by atoms with Gasteiger partial charge in [0.05, 0.1) is 0 Å². The molecule has 1 saturated carbocycles. The fourth-order valence-electron chi connectivity index (χ4n) is 3.18. The van der Waals surface area contributed by atoms with Crippen molar-refractivity contribution in [3.63, 3.8) is 0 Å². The van der Waals surface area contributed by atoms with Gasteiger partial charge in [-0.1, -0.05) is 79.9 Å². The summed E-state index contributed by atoms with van der Waals surface area (Å²) in [6.45, 7) is 0. The Hall–Kier alpha value is -0.860. The summed E-state index contributed by atoms with van der Waals surface area (Å²) in [5, 5.41) is 1.62. The van der Waals surface area contributed by atoms with Crippen molar-refractivity contribution < 1.29 is 0 Å². The summed E-state index contributed by atoms with van der Waals surface area (Å²) in [4.78, 5) is 0. The van der Waals surface area contributed by atoms with Gasteiger partial charge in [0.1, 0.15) is 0 Å². The van der Waals surface area contributed by atoms with Gasteiger partial charge in [0.2, 0.25) is 0 Å². The summed E-state index contributed by atoms with van der Waals surface area (Å²) < 4.78 is 0. The van der Waals surface area contributed by atoms with Gasteiger partial charge in [-0.2, -0.15) is 23.5 Å². The third-order valence-electron chi connectivity index (χ3n) is 4.51. The predicted molar refractivity (Wildman–Crippen MR) is 106 cm³/mol. The Balaban J connectivity index is 1.56. The lowest BCUT2D eigenvalue weighted by atomic mass is 10.2. The average Bonchev–Trinajstić information content (AvgIpc) is 2.85. The summed E-state index contributed by atoms with van der Waals surface area (Å²) in [7, 11) is 0. The van der Waals surface area contributed by atoms with Crippen LogP contribution in [0.5, 0.6) is 0 Å². The molecule has 3 rings (SSSR count). The number of thioether (sulfide) groups is 2. The second-order valence-corrected chi connectivity index (χ2v) is 8.76. The lowest BCUT2D eigenvalue weighted by molar-refractivity contribution is 0.704. The minimum absolute atomic E-state index is 0.811. The number of hydrogen-bond acceptors (Lipinski definition) is 2. The smallest absolute Gasteiger partial charge is 0.0187 e. The van der Waals surface area contributed by atoms with Crippen LogP contribution in [0.1, 0.15) is 43.2 Å². The normalized spacial score (nSPS) is 21.7. The van der Waals surface area contributed by atoms with Gasteiger partial charge in [-0.05, 0) is 24.0 Å². The van der Waals surface area contributed by atoms with E-state index in [9.17, 15) is 0 Å². The van der Waals surface area contributed by atoms with Crippen LogP contribution in [0, 0.1) is 0 Å². The van der Waals surface area contributed by atoms with Gasteiger partial charge in [0, 0.05) is 22.0 Å².